The second kappa shape index (κ2) is 6.35. The van der Waals surface area contributed by atoms with E-state index in [9.17, 15) is 0 Å². The van der Waals surface area contributed by atoms with E-state index in [1.807, 2.05) is 54.7 Å². The minimum atomic E-state index is -0.342. The average Bonchev–Trinajstić information content (AvgIpc) is 3.09. The molecule has 0 saturated heterocycles. The number of aromatic nitrogens is 3. The number of halogens is 1. The summed E-state index contributed by atoms with van der Waals surface area (Å²) in [6.45, 7) is 0. The van der Waals surface area contributed by atoms with Crippen LogP contribution in [-0.4, -0.2) is 29.0 Å². The zero-order valence-corrected chi connectivity index (χ0v) is 14.6. The van der Waals surface area contributed by atoms with Gasteiger partial charge in [-0.2, -0.15) is 5.10 Å². The molecule has 4 rings (SSSR count). The van der Waals surface area contributed by atoms with Crippen LogP contribution >= 0.6 is 11.6 Å². The summed E-state index contributed by atoms with van der Waals surface area (Å²) in [6.07, 6.45) is 1.59. The molecule has 0 bridgehead atoms. The van der Waals surface area contributed by atoms with Crippen LogP contribution in [0.25, 0.3) is 21.8 Å². The fraction of sp³-hybridized carbons (Fsp3) is 0.158. The summed E-state index contributed by atoms with van der Waals surface area (Å²) in [7, 11) is 3.28. The number of fused-ring (bicyclic) bond motifs is 3. The molecule has 0 aliphatic rings. The monoisotopic (exact) mass is 353 g/mol. The molecule has 1 unspecified atom stereocenters. The molecule has 0 N–H and O–H groups in total. The maximum Gasteiger partial charge on any atom is 0.175 e. The number of methoxy groups -OCH3 is 2. The van der Waals surface area contributed by atoms with Crippen LogP contribution in [0.5, 0.6) is 5.75 Å². The van der Waals surface area contributed by atoms with Crippen molar-refractivity contribution >= 4 is 33.4 Å². The average molecular weight is 354 g/mol. The van der Waals surface area contributed by atoms with Gasteiger partial charge in [-0.3, -0.25) is 0 Å². The van der Waals surface area contributed by atoms with Gasteiger partial charge in [0.15, 0.2) is 11.4 Å². The molecule has 126 valence electrons. The number of para-hydroxylation sites is 1. The Morgan fingerprint density at radius 1 is 0.960 bits per heavy atom. The van der Waals surface area contributed by atoms with Crippen LogP contribution in [0.3, 0.4) is 0 Å². The Labute approximate surface area is 149 Å². The van der Waals surface area contributed by atoms with Crippen molar-refractivity contribution in [3.8, 4) is 5.75 Å². The maximum atomic E-state index is 6.39. The first kappa shape index (κ1) is 15.9. The smallest absolute Gasteiger partial charge is 0.175 e. The lowest BCUT2D eigenvalue weighted by molar-refractivity contribution is 0.0687. The van der Waals surface area contributed by atoms with Crippen LogP contribution < -0.4 is 4.74 Å². The fourth-order valence-corrected chi connectivity index (χ4v) is 3.27. The molecule has 6 heteroatoms. The normalized spacial score (nSPS) is 12.6. The number of ether oxygens (including phenoxy) is 2. The summed E-state index contributed by atoms with van der Waals surface area (Å²) < 4.78 is 12.8. The van der Waals surface area contributed by atoms with Gasteiger partial charge in [-0.05, 0) is 6.07 Å². The van der Waals surface area contributed by atoms with Gasteiger partial charge < -0.3 is 9.47 Å². The van der Waals surface area contributed by atoms with Gasteiger partial charge in [0.05, 0.1) is 7.11 Å². The molecule has 0 aliphatic heterocycles. The quantitative estimate of drug-likeness (QED) is 0.509. The zero-order chi connectivity index (χ0) is 17.4. The Bertz CT molecular complexity index is 1050. The van der Waals surface area contributed by atoms with E-state index in [1.54, 1.807) is 18.9 Å². The fourth-order valence-electron chi connectivity index (χ4n) is 3.05. The van der Waals surface area contributed by atoms with E-state index < -0.39 is 0 Å². The molecule has 1 atom stereocenters. The van der Waals surface area contributed by atoms with Gasteiger partial charge in [0, 0.05) is 29.6 Å². The molecule has 4 aromatic rings. The largest absolute Gasteiger partial charge is 0.494 e. The van der Waals surface area contributed by atoms with Crippen molar-refractivity contribution in [1.29, 1.82) is 0 Å². The molecular formula is C19H16ClN3O2. The highest BCUT2D eigenvalue weighted by Gasteiger charge is 2.18. The van der Waals surface area contributed by atoms with Crippen LogP contribution in [-0.2, 0) is 4.74 Å². The second-order valence-electron chi connectivity index (χ2n) is 5.63. The van der Waals surface area contributed by atoms with Crippen LogP contribution in [0.15, 0.2) is 54.7 Å². The molecule has 0 fully saturated rings. The molecule has 0 amide bonds. The Balaban J connectivity index is 1.96. The van der Waals surface area contributed by atoms with Crippen LogP contribution in [0.2, 0.25) is 5.15 Å². The molecule has 2 heterocycles. The first-order valence-corrected chi connectivity index (χ1v) is 8.19. The summed E-state index contributed by atoms with van der Waals surface area (Å²) >= 11 is 6.39. The number of pyridine rings is 1. The van der Waals surface area contributed by atoms with Gasteiger partial charge >= 0.3 is 0 Å². The topological polar surface area (TPSA) is 49.2 Å². The van der Waals surface area contributed by atoms with Crippen molar-refractivity contribution in [2.24, 2.45) is 0 Å². The summed E-state index contributed by atoms with van der Waals surface area (Å²) in [5.74, 6) is 0.681. The third-order valence-electron chi connectivity index (χ3n) is 4.19. The molecule has 0 aliphatic carbocycles. The Morgan fingerprint density at radius 2 is 1.76 bits per heavy atom. The van der Waals surface area contributed by atoms with E-state index in [4.69, 9.17) is 21.1 Å². The van der Waals surface area contributed by atoms with Crippen molar-refractivity contribution in [2.75, 3.05) is 14.2 Å². The molecule has 5 nitrogen and oxygen atoms in total. The van der Waals surface area contributed by atoms with Crippen molar-refractivity contribution < 1.29 is 9.47 Å². The second-order valence-corrected chi connectivity index (χ2v) is 5.99. The highest BCUT2D eigenvalue weighted by atomic mass is 35.5. The maximum absolute atomic E-state index is 6.39. The minimum absolute atomic E-state index is 0.341. The number of rotatable bonds is 4. The van der Waals surface area contributed by atoms with Gasteiger partial charge in [0.25, 0.3) is 0 Å². The van der Waals surface area contributed by atoms with E-state index in [0.29, 0.717) is 16.4 Å². The van der Waals surface area contributed by atoms with Gasteiger partial charge in [-0.15, -0.1) is 0 Å². The Morgan fingerprint density at radius 3 is 2.48 bits per heavy atom. The van der Waals surface area contributed by atoms with E-state index in [0.717, 1.165) is 21.9 Å². The summed E-state index contributed by atoms with van der Waals surface area (Å²) in [6, 6.07) is 15.7. The lowest BCUT2D eigenvalue weighted by Gasteiger charge is -2.15. The molecule has 25 heavy (non-hydrogen) atoms. The number of benzene rings is 2. The Kier molecular flexibility index (Phi) is 4.03. The predicted molar refractivity (Wildman–Crippen MR) is 98.2 cm³/mol. The van der Waals surface area contributed by atoms with E-state index in [1.165, 1.54) is 0 Å². The number of hydrogen-bond donors (Lipinski definition) is 0. The van der Waals surface area contributed by atoms with Crippen molar-refractivity contribution in [2.45, 2.75) is 6.23 Å². The van der Waals surface area contributed by atoms with Crippen LogP contribution in [0.1, 0.15) is 11.8 Å². The van der Waals surface area contributed by atoms with Crippen molar-refractivity contribution in [1.82, 2.24) is 14.8 Å². The van der Waals surface area contributed by atoms with Crippen molar-refractivity contribution in [3.05, 3.63) is 65.4 Å². The molecular weight excluding hydrogens is 338 g/mol. The molecule has 2 aromatic heterocycles. The lowest BCUT2D eigenvalue weighted by atomic mass is 10.1. The standard InChI is InChI=1S/C19H16ClN3O2/c1-24-15-10-6-9-13-14-11-23(22-17(14)18(20)21-16(13)15)19(25-2)12-7-4-3-5-8-12/h3-11,19H,1-2H3. The van der Waals surface area contributed by atoms with Gasteiger partial charge in [0.2, 0.25) is 0 Å². The lowest BCUT2D eigenvalue weighted by Crippen LogP contribution is -2.13. The van der Waals surface area contributed by atoms with E-state index in [-0.39, 0.29) is 6.23 Å². The number of nitrogens with zero attached hydrogens (tertiary/aromatic N) is 3. The van der Waals surface area contributed by atoms with E-state index >= 15 is 0 Å². The SMILES string of the molecule is COc1cccc2c1nc(Cl)c1nn(C(OC)c3ccccc3)cc12. The molecule has 2 aromatic carbocycles. The predicted octanol–water partition coefficient (Wildman–Crippen LogP) is 4.44. The van der Waals surface area contributed by atoms with Gasteiger partial charge in [-0.25, -0.2) is 9.67 Å². The first-order valence-electron chi connectivity index (χ1n) is 7.81. The third-order valence-corrected chi connectivity index (χ3v) is 4.46. The van der Waals surface area contributed by atoms with E-state index in [2.05, 4.69) is 10.1 Å². The van der Waals surface area contributed by atoms with Crippen LogP contribution in [0, 0.1) is 0 Å². The van der Waals surface area contributed by atoms with Gasteiger partial charge in [0.1, 0.15) is 16.8 Å². The number of hydrogen-bond acceptors (Lipinski definition) is 4. The molecule has 0 radical (unpaired) electrons. The van der Waals surface area contributed by atoms with Crippen LogP contribution in [0.4, 0.5) is 0 Å². The third kappa shape index (κ3) is 2.62. The zero-order valence-electron chi connectivity index (χ0n) is 13.8. The summed E-state index contributed by atoms with van der Waals surface area (Å²) in [4.78, 5) is 4.47. The summed E-state index contributed by atoms with van der Waals surface area (Å²) in [5.41, 5.74) is 2.36. The Hall–Kier alpha value is -2.63. The highest BCUT2D eigenvalue weighted by Crippen LogP contribution is 2.34. The minimum Gasteiger partial charge on any atom is -0.494 e. The summed E-state index contributed by atoms with van der Waals surface area (Å²) in [5, 5.41) is 6.81. The highest BCUT2D eigenvalue weighted by molar-refractivity contribution is 6.35. The molecule has 0 spiro atoms. The van der Waals surface area contributed by atoms with Gasteiger partial charge in [-0.1, -0.05) is 54.1 Å². The molecule has 0 saturated carbocycles. The first-order chi connectivity index (χ1) is 12.2. The van der Waals surface area contributed by atoms with Crippen molar-refractivity contribution in [3.63, 3.8) is 0 Å².